The number of aliphatic carboxylic acids is 1. The Kier molecular flexibility index (Phi) is 7.88. The third kappa shape index (κ3) is 5.39. The lowest BCUT2D eigenvalue weighted by Crippen LogP contribution is -2.52. The molecule has 0 radical (unpaired) electrons. The number of hydrogen-bond acceptors (Lipinski definition) is 4. The number of nitrogens with one attached hydrogen (secondary N) is 1. The maximum absolute atomic E-state index is 12.3. The fraction of sp³-hybridized carbons (Fsp3) is 0.857. The zero-order chi connectivity index (χ0) is 15.8. The third-order valence-corrected chi connectivity index (χ3v) is 4.57. The molecule has 0 bridgehead atoms. The van der Waals surface area contributed by atoms with Crippen molar-refractivity contribution in [1.82, 2.24) is 10.2 Å². The van der Waals surface area contributed by atoms with Crippen LogP contribution < -0.4 is 5.32 Å². The van der Waals surface area contributed by atoms with Crippen LogP contribution in [-0.2, 0) is 9.53 Å². The highest BCUT2D eigenvalue weighted by Crippen LogP contribution is 2.20. The SMILES string of the molecule is CCSCCC(C)NC(=O)N(CC)C1COCC1C(=O)O. The maximum Gasteiger partial charge on any atom is 0.317 e. The van der Waals surface area contributed by atoms with E-state index in [2.05, 4.69) is 12.2 Å². The quantitative estimate of drug-likeness (QED) is 0.665. The molecule has 0 aromatic rings. The van der Waals surface area contributed by atoms with Crippen molar-refractivity contribution >= 4 is 23.8 Å². The second-order valence-corrected chi connectivity index (χ2v) is 6.57. The lowest BCUT2D eigenvalue weighted by atomic mass is 10.0. The van der Waals surface area contributed by atoms with Crippen LogP contribution in [0.1, 0.15) is 27.2 Å². The molecule has 2 amide bonds. The number of thioether (sulfide) groups is 1. The van der Waals surface area contributed by atoms with Crippen LogP contribution in [-0.4, -0.2) is 65.4 Å². The Bertz CT molecular complexity index is 354. The van der Waals surface area contributed by atoms with Gasteiger partial charge < -0.3 is 20.1 Å². The highest BCUT2D eigenvalue weighted by Gasteiger charge is 2.39. The van der Waals surface area contributed by atoms with Gasteiger partial charge in [-0.3, -0.25) is 4.79 Å². The first-order chi connectivity index (χ1) is 10.0. The van der Waals surface area contributed by atoms with Crippen LogP contribution in [0, 0.1) is 5.92 Å². The molecule has 1 fully saturated rings. The van der Waals surface area contributed by atoms with Crippen molar-refractivity contribution in [2.75, 3.05) is 31.3 Å². The Morgan fingerprint density at radius 1 is 1.43 bits per heavy atom. The largest absolute Gasteiger partial charge is 0.481 e. The first kappa shape index (κ1) is 18.1. The van der Waals surface area contributed by atoms with Gasteiger partial charge >= 0.3 is 12.0 Å². The topological polar surface area (TPSA) is 78.9 Å². The van der Waals surface area contributed by atoms with Crippen LogP contribution in [0.4, 0.5) is 4.79 Å². The molecule has 1 saturated heterocycles. The molecule has 0 saturated carbocycles. The number of nitrogens with zero attached hydrogens (tertiary/aromatic N) is 1. The lowest BCUT2D eigenvalue weighted by Gasteiger charge is -2.30. The predicted molar refractivity (Wildman–Crippen MR) is 83.7 cm³/mol. The molecular weight excluding hydrogens is 292 g/mol. The average Bonchev–Trinajstić information content (AvgIpc) is 2.89. The van der Waals surface area contributed by atoms with Gasteiger partial charge in [-0.1, -0.05) is 6.92 Å². The van der Waals surface area contributed by atoms with Crippen LogP contribution >= 0.6 is 11.8 Å². The number of rotatable bonds is 8. The normalized spacial score (nSPS) is 22.8. The number of urea groups is 1. The molecule has 6 nitrogen and oxygen atoms in total. The Labute approximate surface area is 130 Å². The van der Waals surface area contributed by atoms with Gasteiger partial charge in [-0.15, -0.1) is 0 Å². The number of likely N-dealkylation sites (N-methyl/N-ethyl adjacent to an activating group) is 1. The summed E-state index contributed by atoms with van der Waals surface area (Å²) < 4.78 is 5.24. The summed E-state index contributed by atoms with van der Waals surface area (Å²) in [5.41, 5.74) is 0. The molecule has 0 spiro atoms. The van der Waals surface area contributed by atoms with Crippen molar-refractivity contribution in [3.05, 3.63) is 0 Å². The summed E-state index contributed by atoms with van der Waals surface area (Å²) in [6, 6.07) is -0.505. The van der Waals surface area contributed by atoms with E-state index in [0.29, 0.717) is 6.54 Å². The van der Waals surface area contributed by atoms with E-state index in [4.69, 9.17) is 4.74 Å². The van der Waals surface area contributed by atoms with Gasteiger partial charge in [0, 0.05) is 12.6 Å². The number of amides is 2. The van der Waals surface area contributed by atoms with E-state index in [9.17, 15) is 14.7 Å². The molecule has 1 heterocycles. The van der Waals surface area contributed by atoms with Crippen LogP contribution in [0.15, 0.2) is 0 Å². The second kappa shape index (κ2) is 9.15. The van der Waals surface area contributed by atoms with Crippen LogP contribution in [0.3, 0.4) is 0 Å². The van der Waals surface area contributed by atoms with Gasteiger partial charge in [-0.05, 0) is 31.8 Å². The molecule has 3 atom stereocenters. The minimum atomic E-state index is -0.906. The molecular formula is C14H26N2O4S. The predicted octanol–water partition coefficient (Wildman–Crippen LogP) is 1.65. The molecule has 1 aliphatic rings. The molecule has 0 aliphatic carbocycles. The summed E-state index contributed by atoms with van der Waals surface area (Å²) in [5, 5.41) is 12.1. The number of ether oxygens (including phenoxy) is 1. The number of carbonyl (C=O) groups excluding carboxylic acids is 1. The second-order valence-electron chi connectivity index (χ2n) is 5.17. The van der Waals surface area contributed by atoms with Crippen molar-refractivity contribution in [3.63, 3.8) is 0 Å². The average molecular weight is 318 g/mol. The van der Waals surface area contributed by atoms with Crippen LogP contribution in [0.25, 0.3) is 0 Å². The summed E-state index contributed by atoms with van der Waals surface area (Å²) >= 11 is 1.84. The van der Waals surface area contributed by atoms with E-state index < -0.39 is 11.9 Å². The number of carboxylic acid groups (broad SMARTS) is 1. The molecule has 1 aliphatic heterocycles. The number of carboxylic acids is 1. The highest BCUT2D eigenvalue weighted by molar-refractivity contribution is 7.99. The van der Waals surface area contributed by atoms with Crippen LogP contribution in [0.5, 0.6) is 0 Å². The fourth-order valence-corrected chi connectivity index (χ4v) is 3.19. The zero-order valence-corrected chi connectivity index (χ0v) is 13.8. The van der Waals surface area contributed by atoms with E-state index >= 15 is 0 Å². The van der Waals surface area contributed by atoms with Crippen molar-refractivity contribution < 1.29 is 19.4 Å². The molecule has 1 rings (SSSR count). The molecule has 21 heavy (non-hydrogen) atoms. The first-order valence-corrected chi connectivity index (χ1v) is 8.62. The molecule has 0 aromatic carbocycles. The monoisotopic (exact) mass is 318 g/mol. The van der Waals surface area contributed by atoms with Crippen molar-refractivity contribution in [1.29, 1.82) is 0 Å². The van der Waals surface area contributed by atoms with Gasteiger partial charge in [-0.2, -0.15) is 11.8 Å². The summed E-state index contributed by atoms with van der Waals surface area (Å²) in [5.74, 6) is 0.535. The molecule has 3 unspecified atom stereocenters. The Morgan fingerprint density at radius 2 is 2.14 bits per heavy atom. The summed E-state index contributed by atoms with van der Waals surface area (Å²) in [6.45, 7) is 6.87. The molecule has 2 N–H and O–H groups in total. The minimum Gasteiger partial charge on any atom is -0.481 e. The van der Waals surface area contributed by atoms with Crippen molar-refractivity contribution in [2.45, 2.75) is 39.3 Å². The number of hydrogen-bond donors (Lipinski definition) is 2. The Hall–Kier alpha value is -0.950. The van der Waals surface area contributed by atoms with Crippen molar-refractivity contribution in [2.24, 2.45) is 5.92 Å². The zero-order valence-electron chi connectivity index (χ0n) is 13.0. The lowest BCUT2D eigenvalue weighted by molar-refractivity contribution is -0.142. The smallest absolute Gasteiger partial charge is 0.317 e. The maximum atomic E-state index is 12.3. The van der Waals surface area contributed by atoms with E-state index in [-0.39, 0.29) is 31.3 Å². The standard InChI is InChI=1S/C14H26N2O4S/c1-4-16(12-9-20-8-11(12)13(17)18)14(19)15-10(3)6-7-21-5-2/h10-12H,4-9H2,1-3H3,(H,15,19)(H,17,18). The van der Waals surface area contributed by atoms with Gasteiger partial charge in [0.1, 0.15) is 5.92 Å². The summed E-state index contributed by atoms with van der Waals surface area (Å²) in [7, 11) is 0. The van der Waals surface area contributed by atoms with Gasteiger partial charge in [0.05, 0.1) is 19.3 Å². The van der Waals surface area contributed by atoms with E-state index in [1.54, 1.807) is 4.90 Å². The molecule has 7 heteroatoms. The third-order valence-electron chi connectivity index (χ3n) is 3.64. The van der Waals surface area contributed by atoms with E-state index in [1.165, 1.54) is 0 Å². The molecule has 0 aromatic heterocycles. The first-order valence-electron chi connectivity index (χ1n) is 7.46. The van der Waals surface area contributed by atoms with Gasteiger partial charge in [0.2, 0.25) is 0 Å². The Morgan fingerprint density at radius 3 is 2.71 bits per heavy atom. The summed E-state index contributed by atoms with van der Waals surface area (Å²) in [4.78, 5) is 25.1. The van der Waals surface area contributed by atoms with E-state index in [1.807, 2.05) is 25.6 Å². The van der Waals surface area contributed by atoms with Crippen molar-refractivity contribution in [3.8, 4) is 0 Å². The molecule has 122 valence electrons. The summed E-state index contributed by atoms with van der Waals surface area (Å²) in [6.07, 6.45) is 0.908. The number of carbonyl (C=O) groups is 2. The van der Waals surface area contributed by atoms with Crippen LogP contribution in [0.2, 0.25) is 0 Å². The highest BCUT2D eigenvalue weighted by atomic mass is 32.2. The minimum absolute atomic E-state index is 0.0798. The fourth-order valence-electron chi connectivity index (χ4n) is 2.39. The van der Waals surface area contributed by atoms with Gasteiger partial charge in [-0.25, -0.2) is 4.79 Å². The Balaban J connectivity index is 2.54. The van der Waals surface area contributed by atoms with Gasteiger partial charge in [0.25, 0.3) is 0 Å². The van der Waals surface area contributed by atoms with E-state index in [0.717, 1.165) is 17.9 Å². The van der Waals surface area contributed by atoms with Gasteiger partial charge in [0.15, 0.2) is 0 Å².